The van der Waals surface area contributed by atoms with Crippen molar-refractivity contribution in [2.75, 3.05) is 54.9 Å². The molecule has 0 radical (unpaired) electrons. The topological polar surface area (TPSA) is 116 Å². The molecule has 10 nitrogen and oxygen atoms in total. The van der Waals surface area contributed by atoms with Gasteiger partial charge in [-0.25, -0.2) is 9.37 Å². The average Bonchev–Trinajstić information content (AvgIpc) is 2.95. The molecule has 39 heavy (non-hydrogen) atoms. The molecule has 2 aromatic carbocycles. The molecule has 200 valence electrons. The fourth-order valence-corrected chi connectivity index (χ4v) is 4.52. The Hall–Kier alpha value is -4.61. The standard InChI is InChI=1S/C28H28FN7O3/c1-2-26(39)31-19-4-3-5-21(16-19)36-9-8-25(38)22-18-30-28(33-27(22)36)32-24-7-6-20(17-23(24)29)35-12-10-34(11-13-35)14-15-37/h2-9,16-18,37H,1,10-15H2,(H,31,39)(H,30,32,33). The number of carbonyl (C=O) groups is 1. The van der Waals surface area contributed by atoms with E-state index < -0.39 is 5.82 Å². The van der Waals surface area contributed by atoms with Gasteiger partial charge in [0.25, 0.3) is 0 Å². The predicted molar refractivity (Wildman–Crippen MR) is 149 cm³/mol. The van der Waals surface area contributed by atoms with Crippen LogP contribution in [0.3, 0.4) is 0 Å². The van der Waals surface area contributed by atoms with Gasteiger partial charge in [-0.2, -0.15) is 4.98 Å². The number of hydrogen-bond acceptors (Lipinski definition) is 8. The first-order chi connectivity index (χ1) is 18.9. The first-order valence-electron chi connectivity index (χ1n) is 12.5. The molecule has 1 aliphatic rings. The number of anilines is 4. The summed E-state index contributed by atoms with van der Waals surface area (Å²) in [7, 11) is 0. The van der Waals surface area contributed by atoms with Gasteiger partial charge in [-0.05, 0) is 42.5 Å². The van der Waals surface area contributed by atoms with Crippen LogP contribution in [0.15, 0.2) is 78.4 Å². The van der Waals surface area contributed by atoms with Crippen LogP contribution in [0.2, 0.25) is 0 Å². The van der Waals surface area contributed by atoms with Crippen LogP contribution in [0.25, 0.3) is 16.7 Å². The molecule has 1 aliphatic heterocycles. The Morgan fingerprint density at radius 1 is 1.10 bits per heavy atom. The molecule has 0 aliphatic carbocycles. The highest BCUT2D eigenvalue weighted by Gasteiger charge is 2.18. The van der Waals surface area contributed by atoms with Gasteiger partial charge >= 0.3 is 0 Å². The lowest BCUT2D eigenvalue weighted by atomic mass is 10.2. The van der Waals surface area contributed by atoms with Crippen molar-refractivity contribution in [1.82, 2.24) is 19.4 Å². The quantitative estimate of drug-likeness (QED) is 0.299. The van der Waals surface area contributed by atoms with Crippen molar-refractivity contribution in [1.29, 1.82) is 0 Å². The number of amides is 1. The molecule has 2 aromatic heterocycles. The first kappa shape index (κ1) is 26.0. The molecule has 1 amide bonds. The van der Waals surface area contributed by atoms with Gasteiger partial charge in [-0.15, -0.1) is 0 Å². The smallest absolute Gasteiger partial charge is 0.247 e. The van der Waals surface area contributed by atoms with E-state index in [2.05, 4.69) is 37.0 Å². The number of halogens is 1. The highest BCUT2D eigenvalue weighted by atomic mass is 19.1. The van der Waals surface area contributed by atoms with Crippen LogP contribution in [0, 0.1) is 5.82 Å². The third-order valence-corrected chi connectivity index (χ3v) is 6.57. The number of aliphatic hydroxyl groups is 1. The molecule has 5 rings (SSSR count). The molecule has 0 saturated carbocycles. The second-order valence-electron chi connectivity index (χ2n) is 9.07. The lowest BCUT2D eigenvalue weighted by molar-refractivity contribution is -0.111. The van der Waals surface area contributed by atoms with Crippen molar-refractivity contribution in [3.63, 3.8) is 0 Å². The van der Waals surface area contributed by atoms with Crippen molar-refractivity contribution < 1.29 is 14.3 Å². The van der Waals surface area contributed by atoms with Gasteiger partial charge < -0.3 is 25.2 Å². The van der Waals surface area contributed by atoms with E-state index in [-0.39, 0.29) is 29.6 Å². The Kier molecular flexibility index (Phi) is 7.62. The van der Waals surface area contributed by atoms with Crippen molar-refractivity contribution in [3.05, 3.63) is 89.6 Å². The minimum atomic E-state index is -0.454. The number of fused-ring (bicyclic) bond motifs is 1. The maximum atomic E-state index is 15.1. The maximum Gasteiger partial charge on any atom is 0.247 e. The summed E-state index contributed by atoms with van der Waals surface area (Å²) in [6.45, 7) is 7.33. The normalized spacial score (nSPS) is 13.8. The highest BCUT2D eigenvalue weighted by molar-refractivity contribution is 5.99. The Labute approximate surface area is 224 Å². The zero-order chi connectivity index (χ0) is 27.4. The lowest BCUT2D eigenvalue weighted by Crippen LogP contribution is -2.47. The van der Waals surface area contributed by atoms with Gasteiger partial charge in [0.15, 0.2) is 11.1 Å². The number of rotatable bonds is 8. The van der Waals surface area contributed by atoms with Gasteiger partial charge in [0.05, 0.1) is 17.7 Å². The number of piperazine rings is 1. The number of benzene rings is 2. The molecule has 0 unspecified atom stereocenters. The minimum Gasteiger partial charge on any atom is -0.395 e. The summed E-state index contributed by atoms with van der Waals surface area (Å²) >= 11 is 0. The Morgan fingerprint density at radius 3 is 2.67 bits per heavy atom. The Bertz CT molecular complexity index is 1580. The zero-order valence-electron chi connectivity index (χ0n) is 21.2. The lowest BCUT2D eigenvalue weighted by Gasteiger charge is -2.35. The van der Waals surface area contributed by atoms with Crippen LogP contribution >= 0.6 is 0 Å². The van der Waals surface area contributed by atoms with E-state index in [1.54, 1.807) is 35.0 Å². The van der Waals surface area contributed by atoms with Crippen molar-refractivity contribution in [3.8, 4) is 5.69 Å². The van der Waals surface area contributed by atoms with Crippen molar-refractivity contribution in [2.24, 2.45) is 0 Å². The van der Waals surface area contributed by atoms with E-state index in [0.717, 1.165) is 31.9 Å². The van der Waals surface area contributed by atoms with E-state index in [1.807, 2.05) is 12.1 Å². The van der Waals surface area contributed by atoms with Crippen molar-refractivity contribution >= 4 is 40.0 Å². The summed E-state index contributed by atoms with van der Waals surface area (Å²) in [5.41, 5.74) is 2.26. The summed E-state index contributed by atoms with van der Waals surface area (Å²) in [5, 5.41) is 15.1. The van der Waals surface area contributed by atoms with Crippen LogP contribution in [0.1, 0.15) is 0 Å². The van der Waals surface area contributed by atoms with Gasteiger partial charge in [0.1, 0.15) is 5.82 Å². The number of pyridine rings is 1. The molecule has 0 spiro atoms. The number of aliphatic hydroxyl groups excluding tert-OH is 1. The van der Waals surface area contributed by atoms with Gasteiger partial charge in [0.2, 0.25) is 11.9 Å². The Balaban J connectivity index is 1.41. The number of carbonyl (C=O) groups excluding carboxylic acids is 1. The molecule has 0 bridgehead atoms. The first-order valence-corrected chi connectivity index (χ1v) is 12.5. The molecular formula is C28H28FN7O3. The van der Waals surface area contributed by atoms with Crippen LogP contribution < -0.4 is 21.0 Å². The van der Waals surface area contributed by atoms with Crippen LogP contribution in [0.5, 0.6) is 0 Å². The summed E-state index contributed by atoms with van der Waals surface area (Å²) in [6.07, 6.45) is 4.17. The summed E-state index contributed by atoms with van der Waals surface area (Å²) in [4.78, 5) is 37.3. The van der Waals surface area contributed by atoms with E-state index in [1.165, 1.54) is 24.4 Å². The third-order valence-electron chi connectivity index (χ3n) is 6.57. The van der Waals surface area contributed by atoms with E-state index >= 15 is 4.39 Å². The number of hydrogen-bond donors (Lipinski definition) is 3. The fraction of sp³-hybridized carbons (Fsp3) is 0.214. The number of nitrogens with zero attached hydrogens (tertiary/aromatic N) is 5. The largest absolute Gasteiger partial charge is 0.395 e. The third kappa shape index (κ3) is 5.79. The molecule has 0 atom stereocenters. The highest BCUT2D eigenvalue weighted by Crippen LogP contribution is 2.26. The fourth-order valence-electron chi connectivity index (χ4n) is 4.52. The molecule has 4 aromatic rings. The molecule has 3 heterocycles. The van der Waals surface area contributed by atoms with Crippen molar-refractivity contribution in [2.45, 2.75) is 0 Å². The second-order valence-corrected chi connectivity index (χ2v) is 9.07. The zero-order valence-corrected chi connectivity index (χ0v) is 21.2. The van der Waals surface area contributed by atoms with Gasteiger partial charge in [-0.3, -0.25) is 14.5 Å². The maximum absolute atomic E-state index is 15.1. The average molecular weight is 530 g/mol. The van der Waals surface area contributed by atoms with Gasteiger partial charge in [-0.1, -0.05) is 12.6 Å². The SMILES string of the molecule is C=CC(=O)Nc1cccc(-n2ccc(=O)c3cnc(Nc4ccc(N5CCN(CCO)CC5)cc4F)nc32)c1. The Morgan fingerprint density at radius 2 is 1.92 bits per heavy atom. The van der Waals surface area contributed by atoms with Gasteiger partial charge in [0, 0.05) is 68.2 Å². The number of β-amino-alcohol motifs (C(OH)–C–C–N with tert-alkyl or cyclic N) is 1. The molecule has 11 heteroatoms. The number of aromatic nitrogens is 3. The van der Waals surface area contributed by atoms with Crippen LogP contribution in [-0.2, 0) is 4.79 Å². The monoisotopic (exact) mass is 529 g/mol. The van der Waals surface area contributed by atoms with Crippen LogP contribution in [0.4, 0.5) is 27.4 Å². The molecule has 1 saturated heterocycles. The number of nitrogens with one attached hydrogen (secondary N) is 2. The van der Waals surface area contributed by atoms with E-state index in [0.29, 0.717) is 29.0 Å². The van der Waals surface area contributed by atoms with Crippen LogP contribution in [-0.4, -0.2) is 69.8 Å². The summed E-state index contributed by atoms with van der Waals surface area (Å²) in [5.74, 6) is -0.671. The second kappa shape index (κ2) is 11.4. The van der Waals surface area contributed by atoms with E-state index in [4.69, 9.17) is 5.11 Å². The molecule has 3 N–H and O–H groups in total. The van der Waals surface area contributed by atoms with E-state index in [9.17, 15) is 9.59 Å². The predicted octanol–water partition coefficient (Wildman–Crippen LogP) is 2.90. The summed E-state index contributed by atoms with van der Waals surface area (Å²) in [6, 6.07) is 13.4. The molecule has 1 fully saturated rings. The minimum absolute atomic E-state index is 0.127. The molecular weight excluding hydrogens is 501 g/mol. The summed E-state index contributed by atoms with van der Waals surface area (Å²) < 4.78 is 16.8.